The molecule has 0 saturated carbocycles. The second-order valence-corrected chi connectivity index (χ2v) is 6.33. The molecule has 3 nitrogen and oxygen atoms in total. The van der Waals surface area contributed by atoms with Gasteiger partial charge in [0.2, 0.25) is 0 Å². The van der Waals surface area contributed by atoms with E-state index in [0.29, 0.717) is 18.4 Å². The van der Waals surface area contributed by atoms with Gasteiger partial charge in [-0.25, -0.2) is 0 Å². The summed E-state index contributed by atoms with van der Waals surface area (Å²) in [5.74, 6) is 2.25. The molecule has 0 aliphatic rings. The van der Waals surface area contributed by atoms with Crippen LogP contribution in [0.2, 0.25) is 0 Å². The van der Waals surface area contributed by atoms with Crippen LogP contribution in [-0.4, -0.2) is 25.1 Å². The molecule has 0 heterocycles. The van der Waals surface area contributed by atoms with E-state index in [1.807, 2.05) is 6.07 Å². The van der Waals surface area contributed by atoms with E-state index in [9.17, 15) is 0 Å². The SMILES string of the molecule is COc1ccc(CN(CC(C)C)CC(C)C)cc1CN. The van der Waals surface area contributed by atoms with Crippen molar-refractivity contribution in [1.29, 1.82) is 0 Å². The molecule has 0 aliphatic heterocycles. The first-order valence-electron chi connectivity index (χ1n) is 7.54. The number of nitrogens with two attached hydrogens (primary N) is 1. The van der Waals surface area contributed by atoms with Crippen LogP contribution >= 0.6 is 0 Å². The van der Waals surface area contributed by atoms with Gasteiger partial charge in [0.1, 0.15) is 5.75 Å². The molecular weight excluding hydrogens is 248 g/mol. The molecule has 0 radical (unpaired) electrons. The van der Waals surface area contributed by atoms with Crippen LogP contribution in [0, 0.1) is 11.8 Å². The molecule has 2 N–H and O–H groups in total. The van der Waals surface area contributed by atoms with Crippen LogP contribution in [-0.2, 0) is 13.1 Å². The zero-order valence-corrected chi connectivity index (χ0v) is 13.6. The van der Waals surface area contributed by atoms with E-state index in [-0.39, 0.29) is 0 Å². The van der Waals surface area contributed by atoms with Crippen molar-refractivity contribution in [2.24, 2.45) is 17.6 Å². The van der Waals surface area contributed by atoms with Crippen molar-refractivity contribution >= 4 is 0 Å². The van der Waals surface area contributed by atoms with Crippen molar-refractivity contribution in [2.45, 2.75) is 40.8 Å². The molecule has 0 bridgehead atoms. The third kappa shape index (κ3) is 5.51. The Hall–Kier alpha value is -1.06. The van der Waals surface area contributed by atoms with Gasteiger partial charge < -0.3 is 10.5 Å². The Balaban J connectivity index is 2.81. The van der Waals surface area contributed by atoms with Gasteiger partial charge in [0.05, 0.1) is 7.11 Å². The minimum atomic E-state index is 0.519. The van der Waals surface area contributed by atoms with E-state index in [1.165, 1.54) is 5.56 Å². The van der Waals surface area contributed by atoms with E-state index >= 15 is 0 Å². The molecule has 0 spiro atoms. The smallest absolute Gasteiger partial charge is 0.123 e. The van der Waals surface area contributed by atoms with Crippen molar-refractivity contribution in [2.75, 3.05) is 20.2 Å². The first-order chi connectivity index (χ1) is 9.46. The Morgan fingerprint density at radius 1 is 1.10 bits per heavy atom. The second kappa shape index (κ2) is 8.28. The number of hydrogen-bond donors (Lipinski definition) is 1. The molecule has 0 unspecified atom stereocenters. The first kappa shape index (κ1) is 17.0. The second-order valence-electron chi connectivity index (χ2n) is 6.33. The fourth-order valence-electron chi connectivity index (χ4n) is 2.58. The van der Waals surface area contributed by atoms with E-state index < -0.39 is 0 Å². The maximum Gasteiger partial charge on any atom is 0.123 e. The van der Waals surface area contributed by atoms with Crippen LogP contribution in [0.15, 0.2) is 18.2 Å². The van der Waals surface area contributed by atoms with Gasteiger partial charge in [-0.1, -0.05) is 33.8 Å². The molecule has 1 aromatic carbocycles. The molecule has 3 heteroatoms. The molecular formula is C17H30N2O. The average Bonchev–Trinajstić information content (AvgIpc) is 2.36. The molecule has 0 aliphatic carbocycles. The standard InChI is InChI=1S/C17H30N2O/c1-13(2)10-19(11-14(3)4)12-15-6-7-17(20-5)16(8-15)9-18/h6-8,13-14H,9-12,18H2,1-5H3. The Labute approximate surface area is 124 Å². The topological polar surface area (TPSA) is 38.5 Å². The normalized spacial score (nSPS) is 11.7. The lowest BCUT2D eigenvalue weighted by Gasteiger charge is -2.26. The first-order valence-corrected chi connectivity index (χ1v) is 7.54. The van der Waals surface area contributed by atoms with Gasteiger partial charge in [0.25, 0.3) is 0 Å². The summed E-state index contributed by atoms with van der Waals surface area (Å²) in [5, 5.41) is 0. The molecule has 1 rings (SSSR count). The number of benzene rings is 1. The summed E-state index contributed by atoms with van der Waals surface area (Å²) in [6.07, 6.45) is 0. The van der Waals surface area contributed by atoms with Gasteiger partial charge in [-0.2, -0.15) is 0 Å². The summed E-state index contributed by atoms with van der Waals surface area (Å²) in [6, 6.07) is 6.35. The number of methoxy groups -OCH3 is 1. The third-order valence-corrected chi connectivity index (χ3v) is 3.22. The lowest BCUT2D eigenvalue weighted by molar-refractivity contribution is 0.211. The Morgan fingerprint density at radius 3 is 2.15 bits per heavy atom. The maximum atomic E-state index is 5.79. The van der Waals surface area contributed by atoms with Crippen molar-refractivity contribution < 1.29 is 4.74 Å². The quantitative estimate of drug-likeness (QED) is 0.793. The highest BCUT2D eigenvalue weighted by molar-refractivity contribution is 5.37. The molecule has 0 aromatic heterocycles. The minimum Gasteiger partial charge on any atom is -0.496 e. The van der Waals surface area contributed by atoms with Gasteiger partial charge in [-0.3, -0.25) is 4.90 Å². The van der Waals surface area contributed by atoms with Gasteiger partial charge in [0, 0.05) is 31.7 Å². The predicted octanol–water partition coefficient (Wildman–Crippen LogP) is 3.27. The van der Waals surface area contributed by atoms with Crippen LogP contribution in [0.5, 0.6) is 5.75 Å². The van der Waals surface area contributed by atoms with Gasteiger partial charge in [-0.05, 0) is 29.5 Å². The summed E-state index contributed by atoms with van der Waals surface area (Å²) in [5.41, 5.74) is 8.19. The zero-order chi connectivity index (χ0) is 15.1. The highest BCUT2D eigenvalue weighted by Gasteiger charge is 2.11. The lowest BCUT2D eigenvalue weighted by Crippen LogP contribution is -2.31. The maximum absolute atomic E-state index is 5.79. The minimum absolute atomic E-state index is 0.519. The van der Waals surface area contributed by atoms with Crippen LogP contribution in [0.3, 0.4) is 0 Å². The molecule has 114 valence electrons. The molecule has 0 amide bonds. The van der Waals surface area contributed by atoms with Crippen molar-refractivity contribution in [3.05, 3.63) is 29.3 Å². The summed E-state index contributed by atoms with van der Waals surface area (Å²) in [4.78, 5) is 2.53. The van der Waals surface area contributed by atoms with E-state index in [2.05, 4.69) is 44.7 Å². The van der Waals surface area contributed by atoms with Crippen LogP contribution < -0.4 is 10.5 Å². The average molecular weight is 278 g/mol. The molecule has 0 fully saturated rings. The van der Waals surface area contributed by atoms with Crippen molar-refractivity contribution in [3.8, 4) is 5.75 Å². The highest BCUT2D eigenvalue weighted by atomic mass is 16.5. The van der Waals surface area contributed by atoms with E-state index in [0.717, 1.165) is 30.9 Å². The number of nitrogens with zero attached hydrogens (tertiary/aromatic N) is 1. The fraction of sp³-hybridized carbons (Fsp3) is 0.647. The fourth-order valence-corrected chi connectivity index (χ4v) is 2.58. The molecule has 0 saturated heterocycles. The lowest BCUT2D eigenvalue weighted by atomic mass is 10.1. The summed E-state index contributed by atoms with van der Waals surface area (Å²) >= 11 is 0. The summed E-state index contributed by atoms with van der Waals surface area (Å²) < 4.78 is 5.33. The zero-order valence-electron chi connectivity index (χ0n) is 13.6. The number of ether oxygens (including phenoxy) is 1. The van der Waals surface area contributed by atoms with Gasteiger partial charge in [0.15, 0.2) is 0 Å². The molecule has 1 aromatic rings. The number of hydrogen-bond acceptors (Lipinski definition) is 3. The third-order valence-electron chi connectivity index (χ3n) is 3.22. The van der Waals surface area contributed by atoms with Crippen molar-refractivity contribution in [3.63, 3.8) is 0 Å². The van der Waals surface area contributed by atoms with E-state index in [1.54, 1.807) is 7.11 Å². The van der Waals surface area contributed by atoms with Gasteiger partial charge in [-0.15, -0.1) is 0 Å². The Bertz CT molecular complexity index is 392. The summed E-state index contributed by atoms with van der Waals surface area (Å²) in [7, 11) is 1.69. The predicted molar refractivity (Wildman–Crippen MR) is 85.8 cm³/mol. The van der Waals surface area contributed by atoms with Crippen LogP contribution in [0.4, 0.5) is 0 Å². The summed E-state index contributed by atoms with van der Waals surface area (Å²) in [6.45, 7) is 12.8. The largest absolute Gasteiger partial charge is 0.496 e. The number of rotatable bonds is 8. The van der Waals surface area contributed by atoms with Gasteiger partial charge >= 0.3 is 0 Å². The molecule has 0 atom stereocenters. The van der Waals surface area contributed by atoms with Crippen LogP contribution in [0.25, 0.3) is 0 Å². The van der Waals surface area contributed by atoms with Crippen molar-refractivity contribution in [1.82, 2.24) is 4.90 Å². The Kier molecular flexibility index (Phi) is 7.03. The van der Waals surface area contributed by atoms with E-state index in [4.69, 9.17) is 10.5 Å². The Morgan fingerprint density at radius 2 is 1.70 bits per heavy atom. The monoisotopic (exact) mass is 278 g/mol. The molecule has 20 heavy (non-hydrogen) atoms. The van der Waals surface area contributed by atoms with Crippen LogP contribution in [0.1, 0.15) is 38.8 Å². The highest BCUT2D eigenvalue weighted by Crippen LogP contribution is 2.20.